The third-order valence-corrected chi connectivity index (χ3v) is 8.69. The summed E-state index contributed by atoms with van der Waals surface area (Å²) in [5.41, 5.74) is 1.44. The van der Waals surface area contributed by atoms with Crippen LogP contribution in [-0.4, -0.2) is 54.6 Å². The molecular formula is C19H28N4O2S2. The van der Waals surface area contributed by atoms with Crippen molar-refractivity contribution in [2.45, 2.75) is 52.4 Å². The quantitative estimate of drug-likeness (QED) is 0.777. The molecule has 0 N–H and O–H groups in total. The monoisotopic (exact) mass is 408 g/mol. The van der Waals surface area contributed by atoms with E-state index in [1.54, 1.807) is 11.2 Å². The third kappa shape index (κ3) is 3.47. The predicted octanol–water partition coefficient (Wildman–Crippen LogP) is 3.17. The molecule has 0 saturated carbocycles. The average Bonchev–Trinajstić information content (AvgIpc) is 3.06. The second-order valence-corrected chi connectivity index (χ2v) is 11.1. The average molecular weight is 409 g/mol. The van der Waals surface area contributed by atoms with Gasteiger partial charge in [-0.25, -0.2) is 18.4 Å². The molecule has 27 heavy (non-hydrogen) atoms. The Morgan fingerprint density at radius 3 is 2.44 bits per heavy atom. The van der Waals surface area contributed by atoms with Crippen LogP contribution in [-0.2, 0) is 22.9 Å². The van der Waals surface area contributed by atoms with Crippen molar-refractivity contribution in [1.82, 2.24) is 14.3 Å². The summed E-state index contributed by atoms with van der Waals surface area (Å²) in [6.07, 6.45) is 4.74. The summed E-state index contributed by atoms with van der Waals surface area (Å²) in [5, 5.41) is 1.23. The van der Waals surface area contributed by atoms with Crippen LogP contribution in [0, 0.1) is 0 Å². The van der Waals surface area contributed by atoms with Crippen molar-refractivity contribution >= 4 is 37.4 Å². The SMILES string of the molecule is CCS(=O)(=O)N1CCN(c2nc(C(C)C)nc3sc4c(c23)CCCC4)CC1. The Bertz CT molecular complexity index is 944. The summed E-state index contributed by atoms with van der Waals surface area (Å²) in [6, 6.07) is 0. The highest BCUT2D eigenvalue weighted by molar-refractivity contribution is 7.89. The van der Waals surface area contributed by atoms with Crippen LogP contribution in [0.3, 0.4) is 0 Å². The lowest BCUT2D eigenvalue weighted by molar-refractivity contribution is 0.384. The second-order valence-electron chi connectivity index (χ2n) is 7.74. The van der Waals surface area contributed by atoms with Gasteiger partial charge in [-0.1, -0.05) is 13.8 Å². The number of hydrogen-bond donors (Lipinski definition) is 0. The van der Waals surface area contributed by atoms with Crippen molar-refractivity contribution in [1.29, 1.82) is 0 Å². The minimum absolute atomic E-state index is 0.167. The van der Waals surface area contributed by atoms with E-state index < -0.39 is 10.0 Å². The highest BCUT2D eigenvalue weighted by Gasteiger charge is 2.29. The van der Waals surface area contributed by atoms with E-state index in [0.717, 1.165) is 29.3 Å². The molecule has 1 aliphatic heterocycles. The highest BCUT2D eigenvalue weighted by Crippen LogP contribution is 2.40. The van der Waals surface area contributed by atoms with Gasteiger partial charge in [-0.05, 0) is 38.2 Å². The van der Waals surface area contributed by atoms with Gasteiger partial charge in [0.15, 0.2) is 0 Å². The van der Waals surface area contributed by atoms with E-state index in [1.165, 1.54) is 28.7 Å². The minimum atomic E-state index is -3.12. The zero-order valence-corrected chi connectivity index (χ0v) is 18.0. The summed E-state index contributed by atoms with van der Waals surface area (Å²) < 4.78 is 26.0. The van der Waals surface area contributed by atoms with Crippen LogP contribution >= 0.6 is 11.3 Å². The lowest BCUT2D eigenvalue weighted by Gasteiger charge is -2.35. The molecule has 6 nitrogen and oxygen atoms in total. The largest absolute Gasteiger partial charge is 0.353 e. The summed E-state index contributed by atoms with van der Waals surface area (Å²) >= 11 is 1.83. The Hall–Kier alpha value is -1.25. The molecule has 0 unspecified atom stereocenters. The fraction of sp³-hybridized carbons (Fsp3) is 0.684. The molecule has 0 spiro atoms. The Morgan fingerprint density at radius 1 is 1.07 bits per heavy atom. The van der Waals surface area contributed by atoms with Crippen LogP contribution in [0.1, 0.15) is 55.8 Å². The zero-order valence-electron chi connectivity index (χ0n) is 16.4. The molecule has 0 atom stereocenters. The number of aryl methyl sites for hydroxylation is 2. The molecule has 0 bridgehead atoms. The standard InChI is InChI=1S/C19H28N4O2S2/c1-4-27(24,25)23-11-9-22(10-12-23)18-16-14-7-5-6-8-15(14)26-19(16)21-17(20-18)13(2)3/h13H,4-12H2,1-3H3. The smallest absolute Gasteiger partial charge is 0.213 e. The van der Waals surface area contributed by atoms with Gasteiger partial charge in [0.25, 0.3) is 0 Å². The fourth-order valence-electron chi connectivity index (χ4n) is 4.00. The van der Waals surface area contributed by atoms with Crippen LogP contribution in [0.2, 0.25) is 0 Å². The number of sulfonamides is 1. The summed E-state index contributed by atoms with van der Waals surface area (Å²) in [6.45, 7) is 8.41. The molecular weight excluding hydrogens is 380 g/mol. The molecule has 2 aromatic heterocycles. The first-order valence-electron chi connectivity index (χ1n) is 9.95. The Kier molecular flexibility index (Phi) is 5.16. The maximum Gasteiger partial charge on any atom is 0.213 e. The molecule has 0 aromatic carbocycles. The maximum absolute atomic E-state index is 12.2. The number of nitrogens with zero attached hydrogens (tertiary/aromatic N) is 4. The van der Waals surface area contributed by atoms with Crippen molar-refractivity contribution in [2.24, 2.45) is 0 Å². The lowest BCUT2D eigenvalue weighted by atomic mass is 9.96. The molecule has 4 rings (SSSR count). The van der Waals surface area contributed by atoms with Gasteiger partial charge in [0.1, 0.15) is 16.5 Å². The normalized spacial score (nSPS) is 19.0. The first-order chi connectivity index (χ1) is 12.9. The highest BCUT2D eigenvalue weighted by atomic mass is 32.2. The van der Waals surface area contributed by atoms with Crippen molar-refractivity contribution < 1.29 is 8.42 Å². The molecule has 8 heteroatoms. The van der Waals surface area contributed by atoms with E-state index in [9.17, 15) is 8.42 Å². The van der Waals surface area contributed by atoms with Crippen molar-refractivity contribution in [3.05, 3.63) is 16.3 Å². The van der Waals surface area contributed by atoms with Gasteiger partial charge in [0.05, 0.1) is 11.1 Å². The zero-order chi connectivity index (χ0) is 19.2. The van der Waals surface area contributed by atoms with Gasteiger partial charge in [0, 0.05) is 37.0 Å². The molecule has 2 aliphatic rings. The van der Waals surface area contributed by atoms with E-state index in [1.807, 2.05) is 11.3 Å². The molecule has 1 aliphatic carbocycles. The van der Waals surface area contributed by atoms with Gasteiger partial charge >= 0.3 is 0 Å². The van der Waals surface area contributed by atoms with Gasteiger partial charge in [-0.3, -0.25) is 0 Å². The molecule has 1 saturated heterocycles. The molecule has 3 heterocycles. The number of thiophene rings is 1. The molecule has 1 fully saturated rings. The van der Waals surface area contributed by atoms with Crippen molar-refractivity contribution in [2.75, 3.05) is 36.8 Å². The molecule has 2 aromatic rings. The van der Waals surface area contributed by atoms with E-state index in [0.29, 0.717) is 26.2 Å². The van der Waals surface area contributed by atoms with Gasteiger partial charge in [0.2, 0.25) is 10.0 Å². The minimum Gasteiger partial charge on any atom is -0.353 e. The van der Waals surface area contributed by atoms with Gasteiger partial charge < -0.3 is 4.90 Å². The molecule has 0 radical (unpaired) electrons. The number of piperazine rings is 1. The van der Waals surface area contributed by atoms with Crippen molar-refractivity contribution in [3.63, 3.8) is 0 Å². The van der Waals surface area contributed by atoms with E-state index in [4.69, 9.17) is 9.97 Å². The summed E-state index contributed by atoms with van der Waals surface area (Å²) in [4.78, 5) is 14.7. The molecule has 148 valence electrons. The van der Waals surface area contributed by atoms with Crippen molar-refractivity contribution in [3.8, 4) is 0 Å². The van der Waals surface area contributed by atoms with E-state index in [-0.39, 0.29) is 11.7 Å². The number of rotatable bonds is 4. The number of hydrogen-bond acceptors (Lipinski definition) is 6. The number of fused-ring (bicyclic) bond motifs is 3. The summed E-state index contributed by atoms with van der Waals surface area (Å²) in [7, 11) is -3.12. The van der Waals surface area contributed by atoms with Crippen LogP contribution in [0.25, 0.3) is 10.2 Å². The van der Waals surface area contributed by atoms with Gasteiger partial charge in [-0.2, -0.15) is 4.31 Å². The Balaban J connectivity index is 1.73. The third-order valence-electron chi connectivity index (χ3n) is 5.63. The number of anilines is 1. The summed E-state index contributed by atoms with van der Waals surface area (Å²) in [5.74, 6) is 2.35. The van der Waals surface area contributed by atoms with Gasteiger partial charge in [-0.15, -0.1) is 11.3 Å². The first-order valence-corrected chi connectivity index (χ1v) is 12.4. The van der Waals surface area contributed by atoms with Crippen LogP contribution in [0.15, 0.2) is 0 Å². The van der Waals surface area contributed by atoms with Crippen LogP contribution in [0.5, 0.6) is 0 Å². The van der Waals surface area contributed by atoms with Crippen LogP contribution in [0.4, 0.5) is 5.82 Å². The van der Waals surface area contributed by atoms with Crippen LogP contribution < -0.4 is 4.90 Å². The van der Waals surface area contributed by atoms with E-state index in [2.05, 4.69) is 18.7 Å². The Labute approximate surface area is 165 Å². The number of aromatic nitrogens is 2. The Morgan fingerprint density at radius 2 is 1.78 bits per heavy atom. The molecule has 0 amide bonds. The topological polar surface area (TPSA) is 66.4 Å². The fourth-order valence-corrected chi connectivity index (χ4v) is 6.35. The maximum atomic E-state index is 12.2. The predicted molar refractivity (Wildman–Crippen MR) is 111 cm³/mol. The first kappa shape index (κ1) is 19.1. The van der Waals surface area contributed by atoms with E-state index >= 15 is 0 Å². The second kappa shape index (κ2) is 7.29. The lowest BCUT2D eigenvalue weighted by Crippen LogP contribution is -2.49.